The molecule has 1 fully saturated rings. The molecule has 1 aliphatic carbocycles. The predicted octanol–water partition coefficient (Wildman–Crippen LogP) is 2.41. The number of rotatable bonds is 9. The first kappa shape index (κ1) is 15.8. The minimum absolute atomic E-state index is 0.237. The van der Waals surface area contributed by atoms with Crippen molar-refractivity contribution < 1.29 is 9.26 Å². The second-order valence-corrected chi connectivity index (χ2v) is 6.52. The lowest BCUT2D eigenvalue weighted by Gasteiger charge is -2.14. The minimum Gasteiger partial charge on any atom is -0.383 e. The first-order valence-corrected chi connectivity index (χ1v) is 8.52. The van der Waals surface area contributed by atoms with Gasteiger partial charge in [0.25, 0.3) is 0 Å². The van der Waals surface area contributed by atoms with Crippen LogP contribution in [0.15, 0.2) is 4.52 Å². The second kappa shape index (κ2) is 8.64. The van der Waals surface area contributed by atoms with Crippen molar-refractivity contribution in [1.29, 1.82) is 0 Å². The summed E-state index contributed by atoms with van der Waals surface area (Å²) < 4.78 is 10.5. The van der Waals surface area contributed by atoms with Crippen molar-refractivity contribution >= 4 is 11.8 Å². The Morgan fingerprint density at radius 2 is 2.25 bits per heavy atom. The van der Waals surface area contributed by atoms with Crippen LogP contribution < -0.4 is 5.32 Å². The summed E-state index contributed by atoms with van der Waals surface area (Å²) in [5, 5.41) is 8.23. The Labute approximate surface area is 125 Å². The van der Waals surface area contributed by atoms with Gasteiger partial charge < -0.3 is 14.6 Å². The van der Waals surface area contributed by atoms with E-state index in [1.54, 1.807) is 7.11 Å². The maximum Gasteiger partial charge on any atom is 0.228 e. The van der Waals surface area contributed by atoms with E-state index in [1.165, 1.54) is 25.7 Å². The maximum absolute atomic E-state index is 5.33. The smallest absolute Gasteiger partial charge is 0.228 e. The molecule has 1 atom stereocenters. The van der Waals surface area contributed by atoms with Gasteiger partial charge in [-0.05, 0) is 19.4 Å². The van der Waals surface area contributed by atoms with Crippen molar-refractivity contribution in [2.75, 3.05) is 20.3 Å². The molecule has 0 bridgehead atoms. The lowest BCUT2D eigenvalue weighted by atomic mass is 10.2. The van der Waals surface area contributed by atoms with Crippen molar-refractivity contribution in [2.24, 2.45) is 0 Å². The Morgan fingerprint density at radius 1 is 1.45 bits per heavy atom. The summed E-state index contributed by atoms with van der Waals surface area (Å²) in [6.45, 7) is 3.65. The molecule has 0 amide bonds. The number of likely N-dealkylation sites (N-methyl/N-ethyl adjacent to an activating group) is 1. The van der Waals surface area contributed by atoms with Gasteiger partial charge in [0, 0.05) is 24.8 Å². The Hall–Kier alpha value is -0.590. The number of hydrogen-bond acceptors (Lipinski definition) is 6. The molecule has 1 saturated carbocycles. The number of aromatic nitrogens is 2. The van der Waals surface area contributed by atoms with Crippen molar-refractivity contribution in [2.45, 2.75) is 56.1 Å². The van der Waals surface area contributed by atoms with Crippen LogP contribution in [0, 0.1) is 0 Å². The lowest BCUT2D eigenvalue weighted by molar-refractivity contribution is 0.162. The van der Waals surface area contributed by atoms with Gasteiger partial charge in [0.05, 0.1) is 12.4 Å². The summed E-state index contributed by atoms with van der Waals surface area (Å²) in [7, 11) is 1.71. The Kier molecular flexibility index (Phi) is 6.82. The molecular formula is C14H25N3O2S. The zero-order valence-corrected chi connectivity index (χ0v) is 13.2. The summed E-state index contributed by atoms with van der Waals surface area (Å²) >= 11 is 1.96. The van der Waals surface area contributed by atoms with Gasteiger partial charge in [0.1, 0.15) is 0 Å². The third kappa shape index (κ3) is 5.07. The highest BCUT2D eigenvalue weighted by atomic mass is 32.2. The quantitative estimate of drug-likeness (QED) is 0.755. The van der Waals surface area contributed by atoms with Crippen LogP contribution in [0.2, 0.25) is 0 Å². The summed E-state index contributed by atoms with van der Waals surface area (Å²) in [5.41, 5.74) is 0. The van der Waals surface area contributed by atoms with Crippen LogP contribution in [0.3, 0.4) is 0 Å². The summed E-state index contributed by atoms with van der Waals surface area (Å²) in [6, 6.07) is 0.237. The van der Waals surface area contributed by atoms with Crippen molar-refractivity contribution in [3.63, 3.8) is 0 Å². The van der Waals surface area contributed by atoms with Crippen LogP contribution >= 0.6 is 11.8 Å². The van der Waals surface area contributed by atoms with E-state index < -0.39 is 0 Å². The van der Waals surface area contributed by atoms with Crippen LogP contribution in [-0.4, -0.2) is 41.7 Å². The molecule has 114 valence electrons. The van der Waals surface area contributed by atoms with Gasteiger partial charge in [-0.15, -0.1) is 0 Å². The van der Waals surface area contributed by atoms with Gasteiger partial charge in [-0.1, -0.05) is 24.9 Å². The molecule has 5 nitrogen and oxygen atoms in total. The molecule has 0 radical (unpaired) electrons. The summed E-state index contributed by atoms with van der Waals surface area (Å²) in [6.07, 6.45) is 6.15. The first-order chi connectivity index (χ1) is 9.81. The third-order valence-electron chi connectivity index (χ3n) is 3.54. The molecule has 20 heavy (non-hydrogen) atoms. The standard InChI is InChI=1S/C14H25N3O2S/c1-3-15-11(9-18-2)8-14-16-13(17-19-14)10-20-12-6-4-5-7-12/h11-12,15H,3-10H2,1-2H3. The van der Waals surface area contributed by atoms with E-state index in [4.69, 9.17) is 9.26 Å². The zero-order chi connectivity index (χ0) is 14.2. The highest BCUT2D eigenvalue weighted by Gasteiger charge is 2.18. The van der Waals surface area contributed by atoms with Crippen molar-refractivity contribution in [3.8, 4) is 0 Å². The van der Waals surface area contributed by atoms with Crippen LogP contribution in [-0.2, 0) is 16.9 Å². The lowest BCUT2D eigenvalue weighted by Crippen LogP contribution is -2.35. The highest BCUT2D eigenvalue weighted by molar-refractivity contribution is 7.99. The number of nitrogens with zero attached hydrogens (tertiary/aromatic N) is 2. The van der Waals surface area contributed by atoms with E-state index in [0.29, 0.717) is 12.5 Å². The molecule has 1 aromatic rings. The van der Waals surface area contributed by atoms with Gasteiger partial charge in [-0.2, -0.15) is 16.7 Å². The highest BCUT2D eigenvalue weighted by Crippen LogP contribution is 2.30. The molecule has 1 heterocycles. The van der Waals surface area contributed by atoms with E-state index in [2.05, 4.69) is 22.4 Å². The van der Waals surface area contributed by atoms with E-state index >= 15 is 0 Å². The maximum atomic E-state index is 5.33. The Bertz CT molecular complexity index is 374. The topological polar surface area (TPSA) is 60.2 Å². The Balaban J connectivity index is 1.77. The number of hydrogen-bond donors (Lipinski definition) is 1. The summed E-state index contributed by atoms with van der Waals surface area (Å²) in [4.78, 5) is 4.48. The molecule has 1 aliphatic rings. The molecule has 1 unspecified atom stereocenters. The zero-order valence-electron chi connectivity index (χ0n) is 12.4. The summed E-state index contributed by atoms with van der Waals surface area (Å²) in [5.74, 6) is 2.39. The van der Waals surface area contributed by atoms with E-state index in [9.17, 15) is 0 Å². The molecule has 2 rings (SSSR count). The molecule has 0 aromatic carbocycles. The van der Waals surface area contributed by atoms with Crippen LogP contribution in [0.25, 0.3) is 0 Å². The van der Waals surface area contributed by atoms with Gasteiger partial charge in [0.2, 0.25) is 5.89 Å². The number of thioether (sulfide) groups is 1. The molecule has 6 heteroatoms. The van der Waals surface area contributed by atoms with Crippen LogP contribution in [0.5, 0.6) is 0 Å². The minimum atomic E-state index is 0.237. The normalized spacial score (nSPS) is 17.7. The van der Waals surface area contributed by atoms with Gasteiger partial charge in [0.15, 0.2) is 5.82 Å². The number of ether oxygens (including phenoxy) is 1. The average molecular weight is 299 g/mol. The molecule has 1 aromatic heterocycles. The fraction of sp³-hybridized carbons (Fsp3) is 0.857. The molecule has 1 N–H and O–H groups in total. The monoisotopic (exact) mass is 299 g/mol. The van der Waals surface area contributed by atoms with E-state index in [1.807, 2.05) is 11.8 Å². The SMILES string of the molecule is CCNC(COC)Cc1nc(CSC2CCCC2)no1. The van der Waals surface area contributed by atoms with Crippen molar-refractivity contribution in [3.05, 3.63) is 11.7 Å². The van der Waals surface area contributed by atoms with Crippen LogP contribution in [0.1, 0.15) is 44.3 Å². The Morgan fingerprint density at radius 3 is 2.95 bits per heavy atom. The molecule has 0 spiro atoms. The largest absolute Gasteiger partial charge is 0.383 e. The van der Waals surface area contributed by atoms with Gasteiger partial charge in [-0.25, -0.2) is 0 Å². The van der Waals surface area contributed by atoms with Crippen molar-refractivity contribution in [1.82, 2.24) is 15.5 Å². The fourth-order valence-electron chi connectivity index (χ4n) is 2.57. The number of nitrogens with one attached hydrogen (secondary N) is 1. The number of methoxy groups -OCH3 is 1. The molecule has 0 saturated heterocycles. The second-order valence-electron chi connectivity index (χ2n) is 5.24. The third-order valence-corrected chi connectivity index (χ3v) is 4.91. The molecular weight excluding hydrogens is 274 g/mol. The predicted molar refractivity (Wildman–Crippen MR) is 80.9 cm³/mol. The van der Waals surface area contributed by atoms with Gasteiger partial charge in [-0.3, -0.25) is 0 Å². The van der Waals surface area contributed by atoms with Crippen LogP contribution in [0.4, 0.5) is 0 Å². The fourth-order valence-corrected chi connectivity index (χ4v) is 3.74. The van der Waals surface area contributed by atoms with E-state index in [-0.39, 0.29) is 6.04 Å². The molecule has 0 aliphatic heterocycles. The first-order valence-electron chi connectivity index (χ1n) is 7.47. The average Bonchev–Trinajstić information content (AvgIpc) is 3.08. The van der Waals surface area contributed by atoms with Gasteiger partial charge >= 0.3 is 0 Å². The van der Waals surface area contributed by atoms with E-state index in [0.717, 1.165) is 29.8 Å².